The van der Waals surface area contributed by atoms with Gasteiger partial charge in [0.2, 0.25) is 11.8 Å². The number of aromatic nitrogens is 1. The Hall–Kier alpha value is -2.76. The second-order valence-electron chi connectivity index (χ2n) is 4.54. The maximum atomic E-state index is 13.4. The summed E-state index contributed by atoms with van der Waals surface area (Å²) in [5.74, 6) is -0.877. The molecule has 1 aromatic carbocycles. The van der Waals surface area contributed by atoms with Crippen LogP contribution in [0.1, 0.15) is 23.2 Å². The molecule has 1 heterocycles. The lowest BCUT2D eigenvalue weighted by atomic mass is 10.1. The molecule has 0 radical (unpaired) electrons. The fourth-order valence-electron chi connectivity index (χ4n) is 1.85. The molecule has 1 N–H and O–H groups in total. The SMILES string of the molecule is COc1ccc(NC(=O)CCC(=O)c2ccccc2F)cn1. The van der Waals surface area contributed by atoms with Gasteiger partial charge in [0.15, 0.2) is 5.78 Å². The molecule has 0 atom stereocenters. The molecule has 5 nitrogen and oxygen atoms in total. The summed E-state index contributed by atoms with van der Waals surface area (Å²) in [6.07, 6.45) is 1.37. The molecule has 22 heavy (non-hydrogen) atoms. The number of halogens is 1. The number of carbonyl (C=O) groups excluding carboxylic acids is 2. The van der Waals surface area contributed by atoms with Crippen LogP contribution in [0.4, 0.5) is 10.1 Å². The first-order chi connectivity index (χ1) is 10.6. The highest BCUT2D eigenvalue weighted by Gasteiger charge is 2.13. The molecular weight excluding hydrogens is 287 g/mol. The number of hydrogen-bond acceptors (Lipinski definition) is 4. The van der Waals surface area contributed by atoms with Gasteiger partial charge >= 0.3 is 0 Å². The van der Waals surface area contributed by atoms with Crippen LogP contribution in [-0.2, 0) is 4.79 Å². The zero-order valence-corrected chi connectivity index (χ0v) is 12.0. The van der Waals surface area contributed by atoms with Crippen LogP contribution in [0.3, 0.4) is 0 Å². The number of nitrogens with one attached hydrogen (secondary N) is 1. The van der Waals surface area contributed by atoms with E-state index in [0.717, 1.165) is 0 Å². The molecule has 0 fully saturated rings. The number of carbonyl (C=O) groups is 2. The molecule has 1 amide bonds. The van der Waals surface area contributed by atoms with Crippen LogP contribution in [0.5, 0.6) is 5.88 Å². The quantitative estimate of drug-likeness (QED) is 0.833. The predicted molar refractivity (Wildman–Crippen MR) is 79.4 cm³/mol. The van der Waals surface area contributed by atoms with Crippen LogP contribution >= 0.6 is 0 Å². The van der Waals surface area contributed by atoms with Gasteiger partial charge in [-0.25, -0.2) is 9.37 Å². The van der Waals surface area contributed by atoms with Crippen molar-refractivity contribution in [3.8, 4) is 5.88 Å². The van der Waals surface area contributed by atoms with Crippen molar-refractivity contribution in [2.45, 2.75) is 12.8 Å². The van der Waals surface area contributed by atoms with E-state index in [9.17, 15) is 14.0 Å². The zero-order valence-electron chi connectivity index (χ0n) is 12.0. The number of Topliss-reactive ketones (excluding diaryl/α,β-unsaturated/α-hetero) is 1. The van der Waals surface area contributed by atoms with E-state index < -0.39 is 11.6 Å². The molecule has 2 aromatic rings. The normalized spacial score (nSPS) is 10.1. The number of anilines is 1. The minimum absolute atomic E-state index is 0.00131. The monoisotopic (exact) mass is 302 g/mol. The van der Waals surface area contributed by atoms with E-state index in [1.165, 1.54) is 31.5 Å². The van der Waals surface area contributed by atoms with Crippen molar-refractivity contribution in [2.75, 3.05) is 12.4 Å². The third-order valence-electron chi connectivity index (χ3n) is 2.98. The van der Waals surface area contributed by atoms with Crippen molar-refractivity contribution < 1.29 is 18.7 Å². The number of rotatable bonds is 6. The third-order valence-corrected chi connectivity index (χ3v) is 2.98. The summed E-state index contributed by atoms with van der Waals surface area (Å²) in [6, 6.07) is 8.97. The molecule has 0 spiro atoms. The maximum absolute atomic E-state index is 13.4. The van der Waals surface area contributed by atoms with Gasteiger partial charge in [0, 0.05) is 18.9 Å². The number of amides is 1. The Kier molecular flexibility index (Phi) is 5.19. The number of nitrogens with zero attached hydrogens (tertiary/aromatic N) is 1. The summed E-state index contributed by atoms with van der Waals surface area (Å²) in [5.41, 5.74) is 0.505. The number of ether oxygens (including phenoxy) is 1. The van der Waals surface area contributed by atoms with Gasteiger partial charge in [-0.1, -0.05) is 12.1 Å². The topological polar surface area (TPSA) is 68.3 Å². The van der Waals surface area contributed by atoms with Crippen molar-refractivity contribution in [3.63, 3.8) is 0 Å². The Morgan fingerprint density at radius 2 is 1.95 bits per heavy atom. The highest BCUT2D eigenvalue weighted by Crippen LogP contribution is 2.13. The van der Waals surface area contributed by atoms with Crippen molar-refractivity contribution >= 4 is 17.4 Å². The number of pyridine rings is 1. The summed E-state index contributed by atoms with van der Waals surface area (Å²) >= 11 is 0. The second kappa shape index (κ2) is 7.31. The molecule has 0 saturated carbocycles. The molecule has 0 bridgehead atoms. The molecule has 0 aliphatic carbocycles. The lowest BCUT2D eigenvalue weighted by Crippen LogP contribution is -2.14. The molecule has 6 heteroatoms. The van der Waals surface area contributed by atoms with Crippen LogP contribution < -0.4 is 10.1 Å². The van der Waals surface area contributed by atoms with Crippen molar-refractivity contribution in [3.05, 3.63) is 54.0 Å². The first-order valence-electron chi connectivity index (χ1n) is 6.68. The lowest BCUT2D eigenvalue weighted by molar-refractivity contribution is -0.116. The maximum Gasteiger partial charge on any atom is 0.224 e. The molecule has 1 aromatic heterocycles. The van der Waals surface area contributed by atoms with E-state index >= 15 is 0 Å². The van der Waals surface area contributed by atoms with Crippen LogP contribution in [0.2, 0.25) is 0 Å². The van der Waals surface area contributed by atoms with Crippen molar-refractivity contribution in [1.82, 2.24) is 4.98 Å². The molecule has 0 saturated heterocycles. The zero-order chi connectivity index (χ0) is 15.9. The van der Waals surface area contributed by atoms with Gasteiger partial charge in [-0.15, -0.1) is 0 Å². The molecule has 0 aliphatic heterocycles. The van der Waals surface area contributed by atoms with Crippen LogP contribution in [-0.4, -0.2) is 23.8 Å². The minimum Gasteiger partial charge on any atom is -0.481 e. The van der Waals surface area contributed by atoms with Gasteiger partial charge in [-0.3, -0.25) is 9.59 Å². The standard InChI is InChI=1S/C16H15FN2O3/c1-22-16-9-6-11(10-18-16)19-15(21)8-7-14(20)12-4-2-3-5-13(12)17/h2-6,9-10H,7-8H2,1H3,(H,19,21). The second-order valence-corrected chi connectivity index (χ2v) is 4.54. The summed E-state index contributed by atoms with van der Waals surface area (Å²) in [5, 5.41) is 2.61. The van der Waals surface area contributed by atoms with Crippen LogP contribution in [0.15, 0.2) is 42.6 Å². The third kappa shape index (κ3) is 4.12. The Bertz CT molecular complexity index is 671. The molecule has 2 rings (SSSR count). The van der Waals surface area contributed by atoms with Gasteiger partial charge in [0.05, 0.1) is 24.6 Å². The summed E-state index contributed by atoms with van der Waals surface area (Å²) in [7, 11) is 1.49. The molecular formula is C16H15FN2O3. The molecule has 0 unspecified atom stereocenters. The predicted octanol–water partition coefficient (Wildman–Crippen LogP) is 2.83. The van der Waals surface area contributed by atoms with E-state index in [0.29, 0.717) is 11.6 Å². The minimum atomic E-state index is -0.577. The number of benzene rings is 1. The number of hydrogen-bond donors (Lipinski definition) is 1. The fraction of sp³-hybridized carbons (Fsp3) is 0.188. The van der Waals surface area contributed by atoms with E-state index in [4.69, 9.17) is 4.74 Å². The van der Waals surface area contributed by atoms with E-state index in [2.05, 4.69) is 10.3 Å². The molecule has 0 aliphatic rings. The Balaban J connectivity index is 1.87. The highest BCUT2D eigenvalue weighted by atomic mass is 19.1. The number of ketones is 1. The lowest BCUT2D eigenvalue weighted by Gasteiger charge is -2.06. The van der Waals surface area contributed by atoms with Crippen LogP contribution in [0.25, 0.3) is 0 Å². The largest absolute Gasteiger partial charge is 0.481 e. The van der Waals surface area contributed by atoms with Crippen molar-refractivity contribution in [2.24, 2.45) is 0 Å². The smallest absolute Gasteiger partial charge is 0.224 e. The summed E-state index contributed by atoms with van der Waals surface area (Å²) < 4.78 is 18.4. The van der Waals surface area contributed by atoms with Gasteiger partial charge < -0.3 is 10.1 Å². The Morgan fingerprint density at radius 1 is 1.18 bits per heavy atom. The van der Waals surface area contributed by atoms with Crippen LogP contribution in [0, 0.1) is 5.82 Å². The average molecular weight is 302 g/mol. The fourth-order valence-corrected chi connectivity index (χ4v) is 1.85. The first-order valence-corrected chi connectivity index (χ1v) is 6.68. The van der Waals surface area contributed by atoms with E-state index in [1.54, 1.807) is 18.2 Å². The summed E-state index contributed by atoms with van der Waals surface area (Å²) in [4.78, 5) is 27.6. The number of methoxy groups -OCH3 is 1. The van der Waals surface area contributed by atoms with E-state index in [-0.39, 0.29) is 24.3 Å². The Morgan fingerprint density at radius 3 is 2.59 bits per heavy atom. The Labute approximate surface area is 127 Å². The highest BCUT2D eigenvalue weighted by molar-refractivity contribution is 6.00. The average Bonchev–Trinajstić information content (AvgIpc) is 2.54. The van der Waals surface area contributed by atoms with Crippen molar-refractivity contribution in [1.29, 1.82) is 0 Å². The van der Waals surface area contributed by atoms with Gasteiger partial charge in [-0.2, -0.15) is 0 Å². The summed E-state index contributed by atoms with van der Waals surface area (Å²) in [6.45, 7) is 0. The van der Waals surface area contributed by atoms with E-state index in [1.807, 2.05) is 0 Å². The van der Waals surface area contributed by atoms with Gasteiger partial charge in [0.25, 0.3) is 0 Å². The van der Waals surface area contributed by atoms with Gasteiger partial charge in [0.1, 0.15) is 5.82 Å². The van der Waals surface area contributed by atoms with Gasteiger partial charge in [-0.05, 0) is 18.2 Å². The first kappa shape index (κ1) is 15.6. The molecule has 114 valence electrons.